The first-order chi connectivity index (χ1) is 10.6. The summed E-state index contributed by atoms with van der Waals surface area (Å²) in [4.78, 5) is 18.1. The zero-order valence-corrected chi connectivity index (χ0v) is 13.3. The van der Waals surface area contributed by atoms with Crippen molar-refractivity contribution >= 4 is 5.91 Å². The van der Waals surface area contributed by atoms with Gasteiger partial charge in [-0.25, -0.2) is 0 Å². The molecule has 1 atom stereocenters. The summed E-state index contributed by atoms with van der Waals surface area (Å²) in [6.07, 6.45) is 1.13. The largest absolute Gasteiger partial charge is 0.342 e. The van der Waals surface area contributed by atoms with Crippen LogP contribution in [0.5, 0.6) is 0 Å². The Morgan fingerprint density at radius 1 is 1.36 bits per heavy atom. The molecule has 1 aliphatic heterocycles. The molecule has 5 nitrogen and oxygen atoms in total. The number of hydrogen-bond donors (Lipinski definition) is 0. The predicted octanol–water partition coefficient (Wildman–Crippen LogP) is 2.61. The Hall–Kier alpha value is -2.17. The van der Waals surface area contributed by atoms with Crippen LogP contribution in [0.3, 0.4) is 0 Å². The van der Waals surface area contributed by atoms with Crippen molar-refractivity contribution in [2.45, 2.75) is 39.5 Å². The SMILES string of the molecule is CCN1C[C@H](c2nc(Cc3cc(C)ccc3C)no2)CC1=O. The molecule has 116 valence electrons. The molecule has 1 aliphatic rings. The average molecular weight is 299 g/mol. The molecule has 1 aromatic heterocycles. The Balaban J connectivity index is 1.74. The number of carbonyl (C=O) groups is 1. The highest BCUT2D eigenvalue weighted by Crippen LogP contribution is 2.27. The van der Waals surface area contributed by atoms with Gasteiger partial charge in [-0.05, 0) is 31.9 Å². The average Bonchev–Trinajstić information content (AvgIpc) is 3.09. The van der Waals surface area contributed by atoms with Crippen molar-refractivity contribution in [2.24, 2.45) is 0 Å². The number of aryl methyl sites for hydroxylation is 2. The van der Waals surface area contributed by atoms with Crippen LogP contribution in [0.2, 0.25) is 0 Å². The van der Waals surface area contributed by atoms with Crippen LogP contribution in [0.25, 0.3) is 0 Å². The van der Waals surface area contributed by atoms with E-state index in [0.29, 0.717) is 31.1 Å². The van der Waals surface area contributed by atoms with E-state index in [1.54, 1.807) is 0 Å². The number of nitrogens with zero attached hydrogens (tertiary/aromatic N) is 3. The Kier molecular flexibility index (Phi) is 3.96. The van der Waals surface area contributed by atoms with Gasteiger partial charge in [0, 0.05) is 25.9 Å². The summed E-state index contributed by atoms with van der Waals surface area (Å²) in [5.41, 5.74) is 3.67. The fourth-order valence-corrected chi connectivity index (χ4v) is 2.91. The zero-order chi connectivity index (χ0) is 15.7. The van der Waals surface area contributed by atoms with E-state index >= 15 is 0 Å². The van der Waals surface area contributed by atoms with Gasteiger partial charge >= 0.3 is 0 Å². The van der Waals surface area contributed by atoms with E-state index in [9.17, 15) is 4.79 Å². The van der Waals surface area contributed by atoms with E-state index in [1.807, 2.05) is 11.8 Å². The van der Waals surface area contributed by atoms with Gasteiger partial charge in [0.2, 0.25) is 11.8 Å². The second kappa shape index (κ2) is 5.91. The van der Waals surface area contributed by atoms with Crippen LogP contribution in [0.1, 0.15) is 47.7 Å². The first-order valence-corrected chi connectivity index (χ1v) is 7.73. The Morgan fingerprint density at radius 2 is 2.18 bits per heavy atom. The Bertz CT molecular complexity index is 693. The lowest BCUT2D eigenvalue weighted by molar-refractivity contribution is -0.127. The zero-order valence-electron chi connectivity index (χ0n) is 13.3. The lowest BCUT2D eigenvalue weighted by Crippen LogP contribution is -2.24. The first kappa shape index (κ1) is 14.8. The molecule has 0 unspecified atom stereocenters. The molecule has 0 radical (unpaired) electrons. The third kappa shape index (κ3) is 2.89. The molecule has 1 aromatic carbocycles. The van der Waals surface area contributed by atoms with Crippen molar-refractivity contribution in [3.8, 4) is 0 Å². The van der Waals surface area contributed by atoms with Gasteiger partial charge in [0.1, 0.15) is 0 Å². The summed E-state index contributed by atoms with van der Waals surface area (Å²) in [6, 6.07) is 6.37. The van der Waals surface area contributed by atoms with E-state index < -0.39 is 0 Å². The number of amides is 1. The van der Waals surface area contributed by atoms with Gasteiger partial charge in [-0.15, -0.1) is 0 Å². The van der Waals surface area contributed by atoms with Crippen LogP contribution in [0.4, 0.5) is 0 Å². The van der Waals surface area contributed by atoms with Gasteiger partial charge in [0.25, 0.3) is 0 Å². The molecule has 0 spiro atoms. The number of rotatable bonds is 4. The van der Waals surface area contributed by atoms with E-state index in [2.05, 4.69) is 42.2 Å². The number of hydrogen-bond acceptors (Lipinski definition) is 4. The number of aromatic nitrogens is 2. The summed E-state index contributed by atoms with van der Waals surface area (Å²) in [6.45, 7) is 7.57. The fraction of sp³-hybridized carbons (Fsp3) is 0.471. The van der Waals surface area contributed by atoms with Crippen LogP contribution >= 0.6 is 0 Å². The summed E-state index contributed by atoms with van der Waals surface area (Å²) >= 11 is 0. The predicted molar refractivity (Wildman–Crippen MR) is 82.6 cm³/mol. The van der Waals surface area contributed by atoms with Crippen molar-refractivity contribution in [3.05, 3.63) is 46.6 Å². The van der Waals surface area contributed by atoms with Crippen LogP contribution in [-0.2, 0) is 11.2 Å². The third-order valence-corrected chi connectivity index (χ3v) is 4.28. The van der Waals surface area contributed by atoms with Gasteiger partial charge in [-0.3, -0.25) is 4.79 Å². The quantitative estimate of drug-likeness (QED) is 0.870. The molecule has 1 fully saturated rings. The van der Waals surface area contributed by atoms with Crippen molar-refractivity contribution in [3.63, 3.8) is 0 Å². The summed E-state index contributed by atoms with van der Waals surface area (Å²) in [7, 11) is 0. The number of benzene rings is 1. The van der Waals surface area contributed by atoms with Gasteiger partial charge in [0.05, 0.1) is 5.92 Å². The maximum Gasteiger partial charge on any atom is 0.232 e. The molecule has 0 saturated carbocycles. The molecule has 2 aromatic rings. The van der Waals surface area contributed by atoms with Gasteiger partial charge in [-0.2, -0.15) is 4.98 Å². The molecular formula is C17H21N3O2. The number of carbonyl (C=O) groups excluding carboxylic acids is 1. The van der Waals surface area contributed by atoms with Crippen molar-refractivity contribution in [1.82, 2.24) is 15.0 Å². The number of likely N-dealkylation sites (N-methyl/N-ethyl adjacent to an activating group) is 1. The second-order valence-corrected chi connectivity index (χ2v) is 5.99. The van der Waals surface area contributed by atoms with Gasteiger partial charge in [0.15, 0.2) is 5.82 Å². The van der Waals surface area contributed by atoms with Gasteiger partial charge in [-0.1, -0.05) is 28.9 Å². The molecular weight excluding hydrogens is 278 g/mol. The maximum absolute atomic E-state index is 11.8. The highest BCUT2D eigenvalue weighted by molar-refractivity contribution is 5.79. The van der Waals surface area contributed by atoms with Crippen LogP contribution in [-0.4, -0.2) is 34.0 Å². The molecule has 1 saturated heterocycles. The third-order valence-electron chi connectivity index (χ3n) is 4.28. The monoisotopic (exact) mass is 299 g/mol. The van der Waals surface area contributed by atoms with E-state index in [-0.39, 0.29) is 11.8 Å². The Morgan fingerprint density at radius 3 is 2.91 bits per heavy atom. The smallest absolute Gasteiger partial charge is 0.232 e. The minimum atomic E-state index is 0.0345. The standard InChI is InChI=1S/C17H21N3O2/c1-4-20-10-14(9-16(20)21)17-18-15(19-22-17)8-13-7-11(2)5-6-12(13)3/h5-7,14H,4,8-10H2,1-3H3/t14-/m1/s1. The van der Waals surface area contributed by atoms with E-state index in [4.69, 9.17) is 4.52 Å². The van der Waals surface area contributed by atoms with Crippen molar-refractivity contribution < 1.29 is 9.32 Å². The topological polar surface area (TPSA) is 59.2 Å². The molecule has 3 rings (SSSR count). The van der Waals surface area contributed by atoms with Crippen LogP contribution in [0.15, 0.2) is 22.7 Å². The van der Waals surface area contributed by atoms with Crippen molar-refractivity contribution in [1.29, 1.82) is 0 Å². The highest BCUT2D eigenvalue weighted by Gasteiger charge is 2.33. The highest BCUT2D eigenvalue weighted by atomic mass is 16.5. The molecule has 0 N–H and O–H groups in total. The van der Waals surface area contributed by atoms with Gasteiger partial charge < -0.3 is 9.42 Å². The summed E-state index contributed by atoms with van der Waals surface area (Å²) in [5.74, 6) is 1.48. The maximum atomic E-state index is 11.8. The molecule has 5 heteroatoms. The van der Waals surface area contributed by atoms with E-state index in [0.717, 1.165) is 6.54 Å². The molecule has 1 amide bonds. The Labute approximate surface area is 130 Å². The fourth-order valence-electron chi connectivity index (χ4n) is 2.91. The molecule has 0 bridgehead atoms. The number of likely N-dealkylation sites (tertiary alicyclic amines) is 1. The minimum absolute atomic E-state index is 0.0345. The molecule has 2 heterocycles. The summed E-state index contributed by atoms with van der Waals surface area (Å²) < 4.78 is 5.39. The molecule has 22 heavy (non-hydrogen) atoms. The van der Waals surface area contributed by atoms with E-state index in [1.165, 1.54) is 16.7 Å². The van der Waals surface area contributed by atoms with Crippen LogP contribution < -0.4 is 0 Å². The lowest BCUT2D eigenvalue weighted by atomic mass is 10.0. The second-order valence-electron chi connectivity index (χ2n) is 5.99. The molecule has 0 aliphatic carbocycles. The van der Waals surface area contributed by atoms with Crippen LogP contribution in [0, 0.1) is 13.8 Å². The van der Waals surface area contributed by atoms with Crippen molar-refractivity contribution in [2.75, 3.05) is 13.1 Å². The normalized spacial score (nSPS) is 18.2. The lowest BCUT2D eigenvalue weighted by Gasteiger charge is -2.11. The minimum Gasteiger partial charge on any atom is -0.342 e. The first-order valence-electron chi connectivity index (χ1n) is 7.73. The summed E-state index contributed by atoms with van der Waals surface area (Å²) in [5, 5.41) is 4.09.